The van der Waals surface area contributed by atoms with Gasteiger partial charge in [0, 0.05) is 16.1 Å². The first kappa shape index (κ1) is 16.1. The Hall–Kier alpha value is -1.81. The number of quaternary nitrogens is 1. The Bertz CT molecular complexity index is 787. The van der Waals surface area contributed by atoms with E-state index in [1.165, 1.54) is 4.90 Å². The van der Waals surface area contributed by atoms with Crippen LogP contribution in [0.5, 0.6) is 0 Å². The molecule has 0 amide bonds. The van der Waals surface area contributed by atoms with Gasteiger partial charge in [-0.1, -0.05) is 59.6 Å². The van der Waals surface area contributed by atoms with Crippen LogP contribution in [-0.2, 0) is 13.1 Å². The number of nitrogens with one attached hydrogen (secondary N) is 1. The van der Waals surface area contributed by atoms with Gasteiger partial charge in [-0.3, -0.25) is 0 Å². The number of aromatic nitrogens is 1. The van der Waals surface area contributed by atoms with Gasteiger partial charge in [-0.05, 0) is 12.1 Å². The van der Waals surface area contributed by atoms with Crippen LogP contribution >= 0.6 is 23.2 Å². The molecular weight excluding hydrogens is 331 g/mol. The maximum Gasteiger partial charge on any atom is 0.250 e. The zero-order chi connectivity index (χ0) is 16.2. The van der Waals surface area contributed by atoms with Crippen molar-refractivity contribution in [3.63, 3.8) is 0 Å². The molecule has 0 radical (unpaired) electrons. The normalized spacial score (nSPS) is 12.3. The number of oxazole rings is 1. The molecule has 0 bridgehead atoms. The van der Waals surface area contributed by atoms with Crippen LogP contribution in [0.4, 0.5) is 0 Å². The standard InChI is InChI=1S/C18H16Cl2N2O/c1-22(11-14-7-8-15(19)9-16(14)20)12-18-21-10-17(23-18)13-5-3-2-4-6-13/h2-10H,11-12H2,1H3/p+1. The smallest absolute Gasteiger partial charge is 0.250 e. The molecule has 1 N–H and O–H groups in total. The van der Waals surface area contributed by atoms with Crippen molar-refractivity contribution < 1.29 is 9.32 Å². The van der Waals surface area contributed by atoms with Crippen LogP contribution in [0.2, 0.25) is 10.0 Å². The van der Waals surface area contributed by atoms with Crippen LogP contribution < -0.4 is 4.90 Å². The molecule has 0 aliphatic rings. The molecule has 3 aromatic rings. The summed E-state index contributed by atoms with van der Waals surface area (Å²) in [6, 6.07) is 15.5. The van der Waals surface area contributed by atoms with E-state index in [0.29, 0.717) is 22.5 Å². The third-order valence-electron chi connectivity index (χ3n) is 3.57. The van der Waals surface area contributed by atoms with Gasteiger partial charge in [-0.2, -0.15) is 0 Å². The maximum atomic E-state index is 6.22. The van der Waals surface area contributed by atoms with Gasteiger partial charge in [-0.15, -0.1) is 0 Å². The zero-order valence-electron chi connectivity index (χ0n) is 12.7. The Kier molecular flexibility index (Phi) is 5.01. The second kappa shape index (κ2) is 7.18. The van der Waals surface area contributed by atoms with E-state index in [4.69, 9.17) is 27.6 Å². The van der Waals surface area contributed by atoms with Crippen LogP contribution in [0.25, 0.3) is 11.3 Å². The van der Waals surface area contributed by atoms with Gasteiger partial charge in [0.2, 0.25) is 0 Å². The van der Waals surface area contributed by atoms with Crippen molar-refractivity contribution in [3.05, 3.63) is 76.2 Å². The summed E-state index contributed by atoms with van der Waals surface area (Å²) in [6.07, 6.45) is 1.77. The van der Waals surface area contributed by atoms with Crippen molar-refractivity contribution in [2.45, 2.75) is 13.1 Å². The Balaban J connectivity index is 1.66. The third-order valence-corrected chi connectivity index (χ3v) is 4.16. The van der Waals surface area contributed by atoms with Gasteiger partial charge >= 0.3 is 0 Å². The lowest BCUT2D eigenvalue weighted by atomic mass is 10.2. The van der Waals surface area contributed by atoms with Crippen LogP contribution in [0, 0.1) is 0 Å². The van der Waals surface area contributed by atoms with Crippen molar-refractivity contribution >= 4 is 23.2 Å². The first-order valence-corrected chi connectivity index (χ1v) is 8.13. The molecule has 3 rings (SSSR count). The molecule has 1 atom stereocenters. The molecule has 5 heteroatoms. The third kappa shape index (κ3) is 4.14. The Labute approximate surface area is 145 Å². The molecule has 118 valence electrons. The lowest BCUT2D eigenvalue weighted by Gasteiger charge is -2.13. The van der Waals surface area contributed by atoms with Gasteiger partial charge in [0.1, 0.15) is 6.54 Å². The molecule has 0 saturated heterocycles. The topological polar surface area (TPSA) is 30.5 Å². The minimum absolute atomic E-state index is 0.650. The molecule has 1 aromatic heterocycles. The summed E-state index contributed by atoms with van der Waals surface area (Å²) >= 11 is 12.2. The summed E-state index contributed by atoms with van der Waals surface area (Å²) in [5, 5.41) is 1.34. The van der Waals surface area contributed by atoms with Gasteiger partial charge in [0.05, 0.1) is 18.3 Å². The molecule has 0 spiro atoms. The number of hydrogen-bond donors (Lipinski definition) is 1. The molecular formula is C18H17Cl2N2O+. The summed E-state index contributed by atoms with van der Waals surface area (Å²) in [4.78, 5) is 5.60. The van der Waals surface area contributed by atoms with Crippen LogP contribution in [0.1, 0.15) is 11.5 Å². The first-order valence-electron chi connectivity index (χ1n) is 7.37. The average molecular weight is 348 g/mol. The minimum atomic E-state index is 0.650. The van der Waals surface area contributed by atoms with Gasteiger partial charge in [0.25, 0.3) is 5.89 Å². The predicted molar refractivity (Wildman–Crippen MR) is 92.7 cm³/mol. The second-order valence-electron chi connectivity index (χ2n) is 5.53. The summed E-state index contributed by atoms with van der Waals surface area (Å²) in [7, 11) is 2.08. The van der Waals surface area contributed by atoms with Crippen molar-refractivity contribution in [3.8, 4) is 11.3 Å². The molecule has 3 nitrogen and oxygen atoms in total. The summed E-state index contributed by atoms with van der Waals surface area (Å²) in [5.74, 6) is 1.50. The van der Waals surface area contributed by atoms with E-state index in [1.54, 1.807) is 12.3 Å². The SMILES string of the molecule is C[NH+](Cc1ncc(-c2ccccc2)o1)Cc1ccc(Cl)cc1Cl. The number of halogens is 2. The van der Waals surface area contributed by atoms with Gasteiger partial charge in [0.15, 0.2) is 12.3 Å². The van der Waals surface area contributed by atoms with Crippen molar-refractivity contribution in [2.24, 2.45) is 0 Å². The van der Waals surface area contributed by atoms with Gasteiger partial charge < -0.3 is 9.32 Å². The lowest BCUT2D eigenvalue weighted by molar-refractivity contribution is -0.909. The summed E-state index contributed by atoms with van der Waals surface area (Å²) in [5.41, 5.74) is 2.09. The highest BCUT2D eigenvalue weighted by molar-refractivity contribution is 6.35. The fourth-order valence-corrected chi connectivity index (χ4v) is 2.91. The number of nitrogens with zero attached hydrogens (tertiary/aromatic N) is 1. The van der Waals surface area contributed by atoms with Crippen LogP contribution in [0.3, 0.4) is 0 Å². The molecule has 1 heterocycles. The van der Waals surface area contributed by atoms with E-state index < -0.39 is 0 Å². The fraction of sp³-hybridized carbons (Fsp3) is 0.167. The Morgan fingerprint density at radius 2 is 1.83 bits per heavy atom. The van der Waals surface area contributed by atoms with E-state index in [2.05, 4.69) is 12.0 Å². The monoisotopic (exact) mass is 347 g/mol. The Morgan fingerprint density at radius 1 is 1.04 bits per heavy atom. The molecule has 0 fully saturated rings. The molecule has 0 aliphatic carbocycles. The van der Waals surface area contributed by atoms with Crippen LogP contribution in [-0.4, -0.2) is 12.0 Å². The molecule has 23 heavy (non-hydrogen) atoms. The fourth-order valence-electron chi connectivity index (χ4n) is 2.44. The highest BCUT2D eigenvalue weighted by atomic mass is 35.5. The highest BCUT2D eigenvalue weighted by Gasteiger charge is 2.13. The lowest BCUT2D eigenvalue weighted by Crippen LogP contribution is -3.06. The largest absolute Gasteiger partial charge is 0.435 e. The zero-order valence-corrected chi connectivity index (χ0v) is 14.2. The summed E-state index contributed by atoms with van der Waals surface area (Å²) in [6.45, 7) is 1.46. The molecule has 1 unspecified atom stereocenters. The number of rotatable bonds is 5. The average Bonchev–Trinajstić information content (AvgIpc) is 2.99. The molecule has 0 saturated carbocycles. The molecule has 2 aromatic carbocycles. The summed E-state index contributed by atoms with van der Waals surface area (Å²) < 4.78 is 5.84. The van der Waals surface area contributed by atoms with E-state index in [9.17, 15) is 0 Å². The van der Waals surface area contributed by atoms with E-state index in [0.717, 1.165) is 23.4 Å². The number of hydrogen-bond acceptors (Lipinski definition) is 2. The molecule has 0 aliphatic heterocycles. The van der Waals surface area contributed by atoms with E-state index in [1.807, 2.05) is 42.5 Å². The number of benzene rings is 2. The van der Waals surface area contributed by atoms with E-state index in [-0.39, 0.29) is 0 Å². The van der Waals surface area contributed by atoms with Crippen LogP contribution in [0.15, 0.2) is 59.1 Å². The minimum Gasteiger partial charge on any atom is -0.435 e. The first-order chi connectivity index (χ1) is 11.1. The maximum absolute atomic E-state index is 6.22. The quantitative estimate of drug-likeness (QED) is 0.759. The predicted octanol–water partition coefficient (Wildman–Crippen LogP) is 3.86. The van der Waals surface area contributed by atoms with Crippen molar-refractivity contribution in [1.29, 1.82) is 0 Å². The van der Waals surface area contributed by atoms with Crippen molar-refractivity contribution in [1.82, 2.24) is 4.98 Å². The van der Waals surface area contributed by atoms with Crippen molar-refractivity contribution in [2.75, 3.05) is 7.05 Å². The second-order valence-corrected chi connectivity index (χ2v) is 6.37. The van der Waals surface area contributed by atoms with E-state index >= 15 is 0 Å². The van der Waals surface area contributed by atoms with Gasteiger partial charge in [-0.25, -0.2) is 4.98 Å². The highest BCUT2D eigenvalue weighted by Crippen LogP contribution is 2.21. The Morgan fingerprint density at radius 3 is 2.57 bits per heavy atom.